The summed E-state index contributed by atoms with van der Waals surface area (Å²) in [5.41, 5.74) is 5.02. The number of rotatable bonds is 4. The van der Waals surface area contributed by atoms with Gasteiger partial charge in [-0.05, 0) is 37.1 Å². The molecule has 0 spiro atoms. The van der Waals surface area contributed by atoms with E-state index in [1.54, 1.807) is 24.3 Å². The van der Waals surface area contributed by atoms with Crippen molar-refractivity contribution in [3.8, 4) is 5.75 Å². The van der Waals surface area contributed by atoms with Gasteiger partial charge in [0.15, 0.2) is 0 Å². The maximum absolute atomic E-state index is 12.1. The lowest BCUT2D eigenvalue weighted by molar-refractivity contribution is -0.149. The Labute approximate surface area is 134 Å². The lowest BCUT2D eigenvalue weighted by atomic mass is 9.79. The van der Waals surface area contributed by atoms with Gasteiger partial charge in [-0.15, -0.1) is 0 Å². The highest BCUT2D eigenvalue weighted by atomic mass is 16.5. The summed E-state index contributed by atoms with van der Waals surface area (Å²) >= 11 is 0. The first-order valence-electron chi connectivity index (χ1n) is 7.50. The van der Waals surface area contributed by atoms with Gasteiger partial charge >= 0.3 is 5.97 Å². The number of nitrogens with one attached hydrogen (secondary N) is 2. The van der Waals surface area contributed by atoms with Crippen molar-refractivity contribution in [1.29, 1.82) is 0 Å². The van der Waals surface area contributed by atoms with Crippen LogP contribution in [0.4, 0.5) is 0 Å². The van der Waals surface area contributed by atoms with E-state index in [-0.39, 0.29) is 0 Å². The molecule has 7 nitrogen and oxygen atoms in total. The molecule has 0 aliphatic heterocycles. The lowest BCUT2D eigenvalue weighted by Crippen LogP contribution is -2.47. The van der Waals surface area contributed by atoms with Gasteiger partial charge in [-0.3, -0.25) is 25.2 Å². The Morgan fingerprint density at radius 3 is 2.22 bits per heavy atom. The number of ether oxygens (including phenoxy) is 1. The summed E-state index contributed by atoms with van der Waals surface area (Å²) in [6.07, 6.45) is 2.62. The summed E-state index contributed by atoms with van der Waals surface area (Å²) in [5.74, 6) is -2.58. The molecule has 0 bridgehead atoms. The SMILES string of the molecule is COc1ccc(C(=O)NNC(=O)[C@@H]2CCCC[C@@H]2C(=O)O)cc1. The van der Waals surface area contributed by atoms with E-state index in [9.17, 15) is 19.5 Å². The van der Waals surface area contributed by atoms with Gasteiger partial charge in [0.2, 0.25) is 5.91 Å². The number of hydrazine groups is 1. The summed E-state index contributed by atoms with van der Waals surface area (Å²) in [5, 5.41) is 9.18. The first kappa shape index (κ1) is 16.8. The van der Waals surface area contributed by atoms with Crippen LogP contribution in [-0.4, -0.2) is 30.0 Å². The summed E-state index contributed by atoms with van der Waals surface area (Å²) in [7, 11) is 1.53. The molecule has 7 heteroatoms. The zero-order valence-electron chi connectivity index (χ0n) is 12.9. The first-order chi connectivity index (χ1) is 11.0. The molecule has 0 heterocycles. The van der Waals surface area contributed by atoms with E-state index in [0.29, 0.717) is 24.2 Å². The molecule has 2 amide bonds. The van der Waals surface area contributed by atoms with Crippen LogP contribution in [0.3, 0.4) is 0 Å². The Bertz CT molecular complexity index is 585. The number of carboxylic acid groups (broad SMARTS) is 1. The van der Waals surface area contributed by atoms with Gasteiger partial charge in [-0.25, -0.2) is 0 Å². The van der Waals surface area contributed by atoms with Gasteiger partial charge in [0, 0.05) is 5.56 Å². The van der Waals surface area contributed by atoms with E-state index in [0.717, 1.165) is 12.8 Å². The van der Waals surface area contributed by atoms with Crippen molar-refractivity contribution in [2.45, 2.75) is 25.7 Å². The summed E-state index contributed by atoms with van der Waals surface area (Å²) in [4.78, 5) is 35.3. The molecule has 2 rings (SSSR count). The van der Waals surface area contributed by atoms with Crippen LogP contribution in [-0.2, 0) is 9.59 Å². The second-order valence-electron chi connectivity index (χ2n) is 5.51. The highest BCUT2D eigenvalue weighted by Gasteiger charge is 2.35. The third-order valence-electron chi connectivity index (χ3n) is 4.07. The minimum atomic E-state index is -0.966. The molecule has 1 aliphatic carbocycles. The minimum Gasteiger partial charge on any atom is -0.497 e. The Morgan fingerprint density at radius 2 is 1.65 bits per heavy atom. The van der Waals surface area contributed by atoms with Crippen LogP contribution in [0.2, 0.25) is 0 Å². The fourth-order valence-electron chi connectivity index (χ4n) is 2.77. The second-order valence-corrected chi connectivity index (χ2v) is 5.51. The molecule has 23 heavy (non-hydrogen) atoms. The van der Waals surface area contributed by atoms with Crippen LogP contribution in [0.15, 0.2) is 24.3 Å². The van der Waals surface area contributed by atoms with Gasteiger partial charge in [-0.1, -0.05) is 12.8 Å². The quantitative estimate of drug-likeness (QED) is 0.726. The Hall–Kier alpha value is -2.57. The molecule has 1 saturated carbocycles. The van der Waals surface area contributed by atoms with Crippen LogP contribution in [0, 0.1) is 11.8 Å². The normalized spacial score (nSPS) is 20.4. The number of methoxy groups -OCH3 is 1. The third-order valence-corrected chi connectivity index (χ3v) is 4.07. The van der Waals surface area contributed by atoms with Gasteiger partial charge in [0.25, 0.3) is 5.91 Å². The number of carboxylic acids is 1. The van der Waals surface area contributed by atoms with Crippen LogP contribution < -0.4 is 15.6 Å². The first-order valence-corrected chi connectivity index (χ1v) is 7.50. The third kappa shape index (κ3) is 4.21. The van der Waals surface area contributed by atoms with Crippen LogP contribution in [0.1, 0.15) is 36.0 Å². The molecule has 1 aromatic rings. The predicted octanol–water partition coefficient (Wildman–Crippen LogP) is 1.35. The molecular weight excluding hydrogens is 300 g/mol. The number of benzene rings is 1. The highest BCUT2D eigenvalue weighted by molar-refractivity contribution is 5.96. The molecule has 1 aromatic carbocycles. The number of amides is 2. The van der Waals surface area contributed by atoms with Crippen molar-refractivity contribution in [2.75, 3.05) is 7.11 Å². The maximum Gasteiger partial charge on any atom is 0.307 e. The number of carbonyl (C=O) groups is 3. The summed E-state index contributed by atoms with van der Waals surface area (Å²) in [6.45, 7) is 0. The second kappa shape index (κ2) is 7.62. The number of carbonyl (C=O) groups excluding carboxylic acids is 2. The minimum absolute atomic E-state index is 0.365. The Kier molecular flexibility index (Phi) is 5.56. The van der Waals surface area contributed by atoms with Crippen molar-refractivity contribution in [3.05, 3.63) is 29.8 Å². The lowest BCUT2D eigenvalue weighted by Gasteiger charge is -2.27. The molecule has 0 aromatic heterocycles. The number of hydrogen-bond acceptors (Lipinski definition) is 4. The van der Waals surface area contributed by atoms with Crippen molar-refractivity contribution in [3.63, 3.8) is 0 Å². The van der Waals surface area contributed by atoms with Crippen molar-refractivity contribution >= 4 is 17.8 Å². The van der Waals surface area contributed by atoms with Crippen molar-refractivity contribution in [2.24, 2.45) is 11.8 Å². The van der Waals surface area contributed by atoms with E-state index in [1.165, 1.54) is 7.11 Å². The standard InChI is InChI=1S/C16H20N2O5/c1-23-11-8-6-10(7-9-11)14(19)17-18-15(20)12-4-2-3-5-13(12)16(21)22/h6-9,12-13H,2-5H2,1H3,(H,17,19)(H,18,20)(H,21,22)/t12-,13+/m1/s1. The molecule has 1 fully saturated rings. The van der Waals surface area contributed by atoms with Crippen LogP contribution >= 0.6 is 0 Å². The molecule has 0 unspecified atom stereocenters. The maximum atomic E-state index is 12.1. The zero-order chi connectivity index (χ0) is 16.8. The van der Waals surface area contributed by atoms with E-state index in [4.69, 9.17) is 4.74 Å². The van der Waals surface area contributed by atoms with Gasteiger partial charge in [0.05, 0.1) is 18.9 Å². The fourth-order valence-corrected chi connectivity index (χ4v) is 2.77. The number of hydrogen-bond donors (Lipinski definition) is 3. The summed E-state index contributed by atoms with van der Waals surface area (Å²) in [6, 6.07) is 6.42. The summed E-state index contributed by atoms with van der Waals surface area (Å²) < 4.78 is 5.00. The van der Waals surface area contributed by atoms with Gasteiger partial charge in [-0.2, -0.15) is 0 Å². The largest absolute Gasteiger partial charge is 0.497 e. The van der Waals surface area contributed by atoms with Crippen molar-refractivity contribution in [1.82, 2.24) is 10.9 Å². The topological polar surface area (TPSA) is 105 Å². The number of aliphatic carboxylic acids is 1. The molecule has 2 atom stereocenters. The van der Waals surface area contributed by atoms with Gasteiger partial charge < -0.3 is 9.84 Å². The molecule has 3 N–H and O–H groups in total. The molecule has 0 radical (unpaired) electrons. The highest BCUT2D eigenvalue weighted by Crippen LogP contribution is 2.30. The van der Waals surface area contributed by atoms with E-state index in [1.807, 2.05) is 0 Å². The van der Waals surface area contributed by atoms with E-state index < -0.39 is 29.6 Å². The van der Waals surface area contributed by atoms with Crippen LogP contribution in [0.25, 0.3) is 0 Å². The molecule has 124 valence electrons. The van der Waals surface area contributed by atoms with Gasteiger partial charge in [0.1, 0.15) is 5.75 Å². The van der Waals surface area contributed by atoms with Crippen LogP contribution in [0.5, 0.6) is 5.75 Å². The Balaban J connectivity index is 1.92. The smallest absolute Gasteiger partial charge is 0.307 e. The van der Waals surface area contributed by atoms with Crippen molar-refractivity contribution < 1.29 is 24.2 Å². The molecule has 0 saturated heterocycles. The van der Waals surface area contributed by atoms with E-state index in [2.05, 4.69) is 10.9 Å². The average molecular weight is 320 g/mol. The fraction of sp³-hybridized carbons (Fsp3) is 0.438. The monoisotopic (exact) mass is 320 g/mol. The molecular formula is C16H20N2O5. The van der Waals surface area contributed by atoms with E-state index >= 15 is 0 Å². The Morgan fingerprint density at radius 1 is 1.04 bits per heavy atom. The predicted molar refractivity (Wildman–Crippen MR) is 81.7 cm³/mol. The zero-order valence-corrected chi connectivity index (χ0v) is 12.9. The molecule has 1 aliphatic rings. The average Bonchev–Trinajstić information content (AvgIpc) is 2.59.